The minimum Gasteiger partial charge on any atom is -0.334 e. The highest BCUT2D eigenvalue weighted by atomic mass is 19.1. The van der Waals surface area contributed by atoms with Gasteiger partial charge in [0, 0.05) is 6.54 Å². The molecule has 0 saturated heterocycles. The van der Waals surface area contributed by atoms with Crippen LogP contribution in [-0.2, 0) is 22.8 Å². The molecule has 0 aromatic heterocycles. The summed E-state index contributed by atoms with van der Waals surface area (Å²) in [6, 6.07) is 14.1. The quantitative estimate of drug-likeness (QED) is 0.591. The monoisotopic (exact) mass is 373 g/mol. The Balaban J connectivity index is 1.77. The molecule has 3 N–H and O–H groups in total. The first-order chi connectivity index (χ1) is 13.1. The van der Waals surface area contributed by atoms with Gasteiger partial charge in [0.15, 0.2) is 0 Å². The van der Waals surface area contributed by atoms with Gasteiger partial charge in [-0.25, -0.2) is 14.7 Å². The molecule has 1 unspecified atom stereocenters. The number of nitrogens with one attached hydrogen (secondary N) is 3. The molecule has 0 radical (unpaired) electrons. The van der Waals surface area contributed by atoms with Crippen molar-refractivity contribution in [2.24, 2.45) is 0 Å². The molecule has 0 aliphatic rings. The van der Waals surface area contributed by atoms with E-state index in [2.05, 4.69) is 16.1 Å². The first-order valence-corrected chi connectivity index (χ1v) is 8.83. The molecule has 0 spiro atoms. The number of urea groups is 1. The molecular weight excluding hydrogens is 349 g/mol. The molecule has 3 amide bonds. The standard InChI is InChI=1S/C20H24FN3O3/c1-2-6-18(19(25)24-27-14-16-7-4-3-5-8-16)23-20(26)22-13-15-9-11-17(21)12-10-15/h3-5,7-12,18H,2,6,13-14H2,1H3,(H,24,25)(H2,22,23,26). The molecule has 0 saturated carbocycles. The third-order valence-corrected chi connectivity index (χ3v) is 3.82. The van der Waals surface area contributed by atoms with Crippen LogP contribution in [0.15, 0.2) is 54.6 Å². The second-order valence-electron chi connectivity index (χ2n) is 6.04. The predicted octanol–water partition coefficient (Wildman–Crippen LogP) is 3.04. The van der Waals surface area contributed by atoms with Crippen molar-refractivity contribution in [1.82, 2.24) is 16.1 Å². The second-order valence-corrected chi connectivity index (χ2v) is 6.04. The lowest BCUT2D eigenvalue weighted by molar-refractivity contribution is -0.136. The van der Waals surface area contributed by atoms with Gasteiger partial charge in [-0.05, 0) is 29.7 Å². The molecule has 2 aromatic carbocycles. The predicted molar refractivity (Wildman–Crippen MR) is 99.8 cm³/mol. The smallest absolute Gasteiger partial charge is 0.315 e. The Hall–Kier alpha value is -2.93. The Kier molecular flexibility index (Phi) is 8.25. The summed E-state index contributed by atoms with van der Waals surface area (Å²) < 4.78 is 12.9. The summed E-state index contributed by atoms with van der Waals surface area (Å²) in [5.74, 6) is -0.747. The van der Waals surface area contributed by atoms with Crippen molar-refractivity contribution >= 4 is 11.9 Å². The number of hydrogen-bond acceptors (Lipinski definition) is 3. The number of benzene rings is 2. The van der Waals surface area contributed by atoms with E-state index in [1.54, 1.807) is 12.1 Å². The lowest BCUT2D eigenvalue weighted by atomic mass is 10.1. The van der Waals surface area contributed by atoms with Gasteiger partial charge >= 0.3 is 6.03 Å². The fraction of sp³-hybridized carbons (Fsp3) is 0.300. The summed E-state index contributed by atoms with van der Waals surface area (Å²) in [5.41, 5.74) is 4.06. The average molecular weight is 373 g/mol. The van der Waals surface area contributed by atoms with Crippen LogP contribution in [0.1, 0.15) is 30.9 Å². The average Bonchev–Trinajstić information content (AvgIpc) is 2.68. The SMILES string of the molecule is CCCC(NC(=O)NCc1ccc(F)cc1)C(=O)NOCc1ccccc1. The summed E-state index contributed by atoms with van der Waals surface area (Å²) in [6.07, 6.45) is 1.19. The normalized spacial score (nSPS) is 11.5. The van der Waals surface area contributed by atoms with Gasteiger partial charge in [-0.3, -0.25) is 9.63 Å². The van der Waals surface area contributed by atoms with E-state index < -0.39 is 18.0 Å². The highest BCUT2D eigenvalue weighted by Crippen LogP contribution is 2.03. The van der Waals surface area contributed by atoms with Crippen molar-refractivity contribution in [2.75, 3.05) is 0 Å². The van der Waals surface area contributed by atoms with Gasteiger partial charge in [0.25, 0.3) is 5.91 Å². The highest BCUT2D eigenvalue weighted by Gasteiger charge is 2.20. The first kappa shape index (κ1) is 20.4. The lowest BCUT2D eigenvalue weighted by Crippen LogP contribution is -2.49. The van der Waals surface area contributed by atoms with E-state index in [0.29, 0.717) is 6.42 Å². The van der Waals surface area contributed by atoms with Crippen LogP contribution >= 0.6 is 0 Å². The molecule has 2 aromatic rings. The van der Waals surface area contributed by atoms with Crippen LogP contribution < -0.4 is 16.1 Å². The van der Waals surface area contributed by atoms with Crippen molar-refractivity contribution in [3.05, 3.63) is 71.5 Å². The van der Waals surface area contributed by atoms with Crippen LogP contribution in [0.5, 0.6) is 0 Å². The van der Waals surface area contributed by atoms with Gasteiger partial charge in [0.2, 0.25) is 0 Å². The van der Waals surface area contributed by atoms with Crippen LogP contribution in [-0.4, -0.2) is 18.0 Å². The molecule has 2 rings (SSSR count). The van der Waals surface area contributed by atoms with E-state index in [1.165, 1.54) is 12.1 Å². The highest BCUT2D eigenvalue weighted by molar-refractivity contribution is 5.86. The van der Waals surface area contributed by atoms with Gasteiger partial charge < -0.3 is 10.6 Å². The molecule has 6 nitrogen and oxygen atoms in total. The summed E-state index contributed by atoms with van der Waals surface area (Å²) in [6.45, 7) is 2.39. The fourth-order valence-corrected chi connectivity index (χ4v) is 2.39. The van der Waals surface area contributed by atoms with E-state index in [1.807, 2.05) is 37.3 Å². The molecule has 0 aliphatic heterocycles. The van der Waals surface area contributed by atoms with E-state index in [0.717, 1.165) is 17.5 Å². The Morgan fingerprint density at radius 3 is 2.41 bits per heavy atom. The van der Waals surface area contributed by atoms with Crippen molar-refractivity contribution in [1.29, 1.82) is 0 Å². The molecule has 0 fully saturated rings. The van der Waals surface area contributed by atoms with Gasteiger partial charge in [-0.2, -0.15) is 0 Å². The number of rotatable bonds is 9. The zero-order valence-corrected chi connectivity index (χ0v) is 15.2. The molecule has 7 heteroatoms. The Morgan fingerprint density at radius 1 is 1.04 bits per heavy atom. The van der Waals surface area contributed by atoms with E-state index in [-0.39, 0.29) is 19.0 Å². The summed E-state index contributed by atoms with van der Waals surface area (Å²) in [7, 11) is 0. The molecule has 144 valence electrons. The largest absolute Gasteiger partial charge is 0.334 e. The summed E-state index contributed by atoms with van der Waals surface area (Å²) in [5, 5.41) is 5.28. The topological polar surface area (TPSA) is 79.5 Å². The van der Waals surface area contributed by atoms with Crippen molar-refractivity contribution in [3.8, 4) is 0 Å². The van der Waals surface area contributed by atoms with E-state index in [9.17, 15) is 14.0 Å². The van der Waals surface area contributed by atoms with E-state index in [4.69, 9.17) is 4.84 Å². The van der Waals surface area contributed by atoms with Crippen LogP contribution in [0, 0.1) is 5.82 Å². The maximum absolute atomic E-state index is 12.9. The van der Waals surface area contributed by atoms with Gasteiger partial charge in [-0.15, -0.1) is 0 Å². The number of carbonyl (C=O) groups is 2. The summed E-state index contributed by atoms with van der Waals surface area (Å²) >= 11 is 0. The molecule has 1 atom stereocenters. The van der Waals surface area contributed by atoms with Crippen molar-refractivity contribution in [2.45, 2.75) is 39.0 Å². The number of hydroxylamine groups is 1. The van der Waals surface area contributed by atoms with Crippen LogP contribution in [0.3, 0.4) is 0 Å². The van der Waals surface area contributed by atoms with Gasteiger partial charge in [0.05, 0.1) is 6.61 Å². The first-order valence-electron chi connectivity index (χ1n) is 8.83. The Morgan fingerprint density at radius 2 is 1.74 bits per heavy atom. The number of carbonyl (C=O) groups excluding carboxylic acids is 2. The zero-order chi connectivity index (χ0) is 19.5. The lowest BCUT2D eigenvalue weighted by Gasteiger charge is -2.18. The van der Waals surface area contributed by atoms with Gasteiger partial charge in [0.1, 0.15) is 11.9 Å². The third-order valence-electron chi connectivity index (χ3n) is 3.82. The van der Waals surface area contributed by atoms with Gasteiger partial charge in [-0.1, -0.05) is 55.8 Å². The number of amides is 3. The van der Waals surface area contributed by atoms with Crippen molar-refractivity contribution < 1.29 is 18.8 Å². The minimum atomic E-state index is -0.709. The third kappa shape index (κ3) is 7.45. The maximum atomic E-state index is 12.9. The minimum absolute atomic E-state index is 0.233. The Labute approximate surface area is 158 Å². The molecule has 0 aliphatic carbocycles. The maximum Gasteiger partial charge on any atom is 0.315 e. The molecule has 0 bridgehead atoms. The molecular formula is C20H24FN3O3. The fourth-order valence-electron chi connectivity index (χ4n) is 2.39. The molecule has 0 heterocycles. The number of hydrogen-bond donors (Lipinski definition) is 3. The van der Waals surface area contributed by atoms with Crippen LogP contribution in [0.2, 0.25) is 0 Å². The zero-order valence-electron chi connectivity index (χ0n) is 15.2. The van der Waals surface area contributed by atoms with E-state index >= 15 is 0 Å². The van der Waals surface area contributed by atoms with Crippen LogP contribution in [0.25, 0.3) is 0 Å². The summed E-state index contributed by atoms with van der Waals surface area (Å²) in [4.78, 5) is 29.5. The van der Waals surface area contributed by atoms with Crippen LogP contribution in [0.4, 0.5) is 9.18 Å². The Bertz CT molecular complexity index is 723. The number of halogens is 1. The molecule has 27 heavy (non-hydrogen) atoms. The van der Waals surface area contributed by atoms with Crippen molar-refractivity contribution in [3.63, 3.8) is 0 Å². The second kappa shape index (κ2) is 10.9.